The maximum Gasteiger partial charge on any atom is 0.343 e. The molecule has 8 heteroatoms. The van der Waals surface area contributed by atoms with Crippen molar-refractivity contribution in [3.63, 3.8) is 0 Å². The summed E-state index contributed by atoms with van der Waals surface area (Å²) in [6.07, 6.45) is 0.755. The summed E-state index contributed by atoms with van der Waals surface area (Å²) in [4.78, 5) is 42.6. The van der Waals surface area contributed by atoms with Crippen molar-refractivity contribution in [3.8, 4) is 11.5 Å². The molecule has 0 saturated heterocycles. The van der Waals surface area contributed by atoms with Gasteiger partial charge in [-0.15, -0.1) is 0 Å². The van der Waals surface area contributed by atoms with E-state index in [1.807, 2.05) is 84.9 Å². The molecule has 1 amide bonds. The number of ketones is 1. The number of rotatable bonds is 7. The Bertz CT molecular complexity index is 2080. The summed E-state index contributed by atoms with van der Waals surface area (Å²) in [6, 6.07) is 38.1. The lowest BCUT2D eigenvalue weighted by Gasteiger charge is -2.35. The van der Waals surface area contributed by atoms with Gasteiger partial charge in [0.2, 0.25) is 5.91 Å². The first-order valence-electron chi connectivity index (χ1n) is 16.1. The van der Waals surface area contributed by atoms with Crippen LogP contribution < -0.4 is 19.7 Å². The molecule has 1 N–H and O–H groups in total. The number of amides is 1. The Morgan fingerprint density at radius 3 is 2.37 bits per heavy atom. The zero-order valence-corrected chi connectivity index (χ0v) is 27.5. The van der Waals surface area contributed by atoms with Gasteiger partial charge in [-0.25, -0.2) is 4.79 Å². The average Bonchev–Trinajstić information content (AvgIpc) is 3.26. The quantitative estimate of drug-likeness (QED) is 0.138. The highest BCUT2D eigenvalue weighted by Crippen LogP contribution is 2.48. The fourth-order valence-electron chi connectivity index (χ4n) is 6.66. The lowest BCUT2D eigenvalue weighted by Crippen LogP contribution is -2.37. The van der Waals surface area contributed by atoms with Gasteiger partial charge < -0.3 is 14.8 Å². The molecular weight excluding hydrogens is 636 g/mol. The fourth-order valence-corrected chi connectivity index (χ4v) is 6.78. The van der Waals surface area contributed by atoms with E-state index in [0.29, 0.717) is 46.2 Å². The number of hydrogen-bond acceptors (Lipinski definition) is 6. The number of nitrogens with one attached hydrogen (secondary N) is 1. The Morgan fingerprint density at radius 1 is 0.837 bits per heavy atom. The van der Waals surface area contributed by atoms with Gasteiger partial charge in [0.25, 0.3) is 0 Å². The normalized spacial score (nSPS) is 16.9. The second-order valence-electron chi connectivity index (χ2n) is 12.1. The molecule has 5 aromatic carbocycles. The number of Topliss-reactive ketones (excluding diaryl/α,β-unsaturated/α-hetero) is 1. The van der Waals surface area contributed by atoms with E-state index in [4.69, 9.17) is 21.1 Å². The fraction of sp³-hybridized carbons (Fsp3) is 0.146. The number of halogens is 1. The Hall–Kier alpha value is -5.66. The van der Waals surface area contributed by atoms with E-state index in [1.54, 1.807) is 47.4 Å². The minimum absolute atomic E-state index is 0.0794. The van der Waals surface area contributed by atoms with Crippen LogP contribution >= 0.6 is 11.6 Å². The van der Waals surface area contributed by atoms with Gasteiger partial charge in [-0.05, 0) is 77.7 Å². The van der Waals surface area contributed by atoms with Crippen molar-refractivity contribution >= 4 is 40.6 Å². The van der Waals surface area contributed by atoms with Crippen molar-refractivity contribution in [2.45, 2.75) is 38.3 Å². The minimum Gasteiger partial charge on any atom is -0.489 e. The van der Waals surface area contributed by atoms with Gasteiger partial charge in [0.05, 0.1) is 23.0 Å². The molecule has 0 aromatic heterocycles. The van der Waals surface area contributed by atoms with Crippen molar-refractivity contribution < 1.29 is 23.9 Å². The Labute approximate surface area is 289 Å². The van der Waals surface area contributed by atoms with Crippen LogP contribution in [0.1, 0.15) is 58.8 Å². The molecule has 1 aliphatic heterocycles. The highest BCUT2D eigenvalue weighted by molar-refractivity contribution is 6.30. The molecule has 1 aliphatic carbocycles. The number of para-hydroxylation sites is 3. The number of anilines is 2. The molecule has 244 valence electrons. The van der Waals surface area contributed by atoms with E-state index in [1.165, 1.54) is 6.92 Å². The molecule has 2 unspecified atom stereocenters. The Morgan fingerprint density at radius 2 is 1.57 bits per heavy atom. The van der Waals surface area contributed by atoms with Gasteiger partial charge >= 0.3 is 5.97 Å². The third kappa shape index (κ3) is 6.71. The maximum atomic E-state index is 14.5. The first-order chi connectivity index (χ1) is 23.9. The van der Waals surface area contributed by atoms with Gasteiger partial charge in [-0.3, -0.25) is 14.5 Å². The van der Waals surface area contributed by atoms with Gasteiger partial charge in [-0.2, -0.15) is 0 Å². The van der Waals surface area contributed by atoms with Crippen LogP contribution in [0.4, 0.5) is 11.4 Å². The van der Waals surface area contributed by atoms with Crippen LogP contribution in [0.15, 0.2) is 139 Å². The molecule has 2 atom stereocenters. The summed E-state index contributed by atoms with van der Waals surface area (Å²) < 4.78 is 12.1. The standard InChI is InChI=1S/C41H33ClN2O5/c1-26(45)44-36-16-7-6-15-34(36)43-35-23-30(33-14-5-8-17-38(33)48-25-27-10-3-2-4-11-27)24-37(46)39(35)40(44)29-12-9-13-32(22-29)49-41(47)28-18-20-31(42)21-19-28/h2-22,30,40,43H,23-25H2,1H3. The number of allylic oxidation sites excluding steroid dienone is 1. The zero-order chi connectivity index (χ0) is 33.9. The van der Waals surface area contributed by atoms with Crippen LogP contribution in [0.3, 0.4) is 0 Å². The number of hydrogen-bond donors (Lipinski definition) is 1. The number of esters is 1. The minimum atomic E-state index is -0.768. The van der Waals surface area contributed by atoms with Gasteiger partial charge in [-0.1, -0.05) is 84.4 Å². The lowest BCUT2D eigenvalue weighted by molar-refractivity contribution is -0.117. The number of fused-ring (bicyclic) bond motifs is 1. The molecule has 49 heavy (non-hydrogen) atoms. The van der Waals surface area contributed by atoms with E-state index in [0.717, 1.165) is 28.3 Å². The highest BCUT2D eigenvalue weighted by Gasteiger charge is 2.41. The average molecular weight is 669 g/mol. The summed E-state index contributed by atoms with van der Waals surface area (Å²) in [5, 5.41) is 4.07. The van der Waals surface area contributed by atoms with Crippen molar-refractivity contribution in [2.75, 3.05) is 10.2 Å². The van der Waals surface area contributed by atoms with Crippen molar-refractivity contribution in [3.05, 3.63) is 166 Å². The van der Waals surface area contributed by atoms with E-state index in [9.17, 15) is 14.4 Å². The van der Waals surface area contributed by atoms with Gasteiger partial charge in [0.15, 0.2) is 5.78 Å². The molecule has 0 radical (unpaired) electrons. The maximum absolute atomic E-state index is 14.5. The second-order valence-corrected chi connectivity index (χ2v) is 12.6. The molecule has 0 fully saturated rings. The Kier molecular flexibility index (Phi) is 9.01. The first kappa shape index (κ1) is 31.9. The number of carbonyl (C=O) groups excluding carboxylic acids is 3. The van der Waals surface area contributed by atoms with Crippen molar-refractivity contribution in [1.82, 2.24) is 0 Å². The SMILES string of the molecule is CC(=O)N1c2ccccc2NC2=C(C(=O)CC(c3ccccc3OCc3ccccc3)C2)C1c1cccc(OC(=O)c2ccc(Cl)cc2)c1. The predicted molar refractivity (Wildman–Crippen MR) is 190 cm³/mol. The Balaban J connectivity index is 1.27. The van der Waals surface area contributed by atoms with Crippen molar-refractivity contribution in [1.29, 1.82) is 0 Å². The van der Waals surface area contributed by atoms with E-state index >= 15 is 0 Å². The van der Waals surface area contributed by atoms with Crippen molar-refractivity contribution in [2.24, 2.45) is 0 Å². The summed E-state index contributed by atoms with van der Waals surface area (Å²) in [6.45, 7) is 1.91. The molecule has 0 spiro atoms. The zero-order valence-electron chi connectivity index (χ0n) is 26.8. The smallest absolute Gasteiger partial charge is 0.343 e. The molecular formula is C41H33ClN2O5. The second kappa shape index (κ2) is 13.8. The molecule has 7 nitrogen and oxygen atoms in total. The summed E-state index contributed by atoms with van der Waals surface area (Å²) in [7, 11) is 0. The van der Waals surface area contributed by atoms with E-state index in [-0.39, 0.29) is 24.0 Å². The summed E-state index contributed by atoms with van der Waals surface area (Å²) in [5.41, 5.74) is 5.61. The summed E-state index contributed by atoms with van der Waals surface area (Å²) in [5.74, 6) is 0.0118. The van der Waals surface area contributed by atoms with E-state index in [2.05, 4.69) is 5.32 Å². The number of carbonyl (C=O) groups is 3. The van der Waals surface area contributed by atoms with Crippen LogP contribution in [-0.4, -0.2) is 17.7 Å². The molecule has 0 bridgehead atoms. The third-order valence-electron chi connectivity index (χ3n) is 8.89. The predicted octanol–water partition coefficient (Wildman–Crippen LogP) is 9.06. The molecule has 5 aromatic rings. The first-order valence-corrected chi connectivity index (χ1v) is 16.5. The van der Waals surface area contributed by atoms with E-state index < -0.39 is 12.0 Å². The van der Waals surface area contributed by atoms with Crippen LogP contribution in [-0.2, 0) is 16.2 Å². The van der Waals surface area contributed by atoms with Crippen LogP contribution in [0.2, 0.25) is 5.02 Å². The topological polar surface area (TPSA) is 84.9 Å². The molecule has 0 saturated carbocycles. The number of ether oxygens (including phenoxy) is 2. The van der Waals surface area contributed by atoms with Crippen LogP contribution in [0, 0.1) is 0 Å². The third-order valence-corrected chi connectivity index (χ3v) is 9.14. The summed E-state index contributed by atoms with van der Waals surface area (Å²) >= 11 is 6.00. The van der Waals surface area contributed by atoms with Crippen LogP contribution in [0.25, 0.3) is 0 Å². The lowest BCUT2D eigenvalue weighted by atomic mass is 9.78. The highest BCUT2D eigenvalue weighted by atomic mass is 35.5. The van der Waals surface area contributed by atoms with Crippen LogP contribution in [0.5, 0.6) is 11.5 Å². The number of nitrogens with zero attached hydrogens (tertiary/aromatic N) is 1. The monoisotopic (exact) mass is 668 g/mol. The molecule has 7 rings (SSSR count). The largest absolute Gasteiger partial charge is 0.489 e. The van der Waals surface area contributed by atoms with Gasteiger partial charge in [0.1, 0.15) is 18.1 Å². The molecule has 1 heterocycles. The van der Waals surface area contributed by atoms with Gasteiger partial charge in [0, 0.05) is 35.6 Å². The number of benzene rings is 5. The molecule has 2 aliphatic rings.